The van der Waals surface area contributed by atoms with E-state index in [2.05, 4.69) is 20.9 Å². The zero-order valence-corrected chi connectivity index (χ0v) is 29.4. The molecule has 0 unspecified atom stereocenters. The number of ether oxygens (including phenoxy) is 2. The van der Waals surface area contributed by atoms with E-state index in [9.17, 15) is 24.3 Å². The molecule has 4 atom stereocenters. The fourth-order valence-corrected chi connectivity index (χ4v) is 6.32. The van der Waals surface area contributed by atoms with E-state index in [4.69, 9.17) is 14.5 Å². The van der Waals surface area contributed by atoms with Gasteiger partial charge in [-0.1, -0.05) is 55.3 Å². The number of carbonyl (C=O) groups is 4. The van der Waals surface area contributed by atoms with Gasteiger partial charge in [0.25, 0.3) is 0 Å². The smallest absolute Gasteiger partial charge is 0.408 e. The number of nitrogens with one attached hydrogen (secondary N) is 3. The lowest BCUT2D eigenvalue weighted by Crippen LogP contribution is -2.53. The first-order valence-corrected chi connectivity index (χ1v) is 17.5. The van der Waals surface area contributed by atoms with Crippen LogP contribution in [0.4, 0.5) is 4.79 Å². The topological polar surface area (TPSA) is 169 Å². The van der Waals surface area contributed by atoms with Crippen LogP contribution in [0, 0.1) is 5.92 Å². The molecule has 1 saturated carbocycles. The molecule has 4 N–H and O–H groups in total. The van der Waals surface area contributed by atoms with Crippen molar-refractivity contribution in [2.75, 3.05) is 0 Å². The molecule has 270 valence electrons. The van der Waals surface area contributed by atoms with Gasteiger partial charge in [0.2, 0.25) is 17.7 Å². The number of carbonyl (C=O) groups excluding carboxylic acids is 3. The molecular weight excluding hydrogens is 662 g/mol. The number of aliphatic carboxylic acids is 1. The maximum Gasteiger partial charge on any atom is 0.408 e. The lowest BCUT2D eigenvalue weighted by Gasteiger charge is -2.26. The highest BCUT2D eigenvalue weighted by Gasteiger charge is 2.61. The molecule has 1 aliphatic heterocycles. The van der Waals surface area contributed by atoms with E-state index in [1.807, 2.05) is 54.6 Å². The van der Waals surface area contributed by atoms with Gasteiger partial charge in [-0.05, 0) is 93.8 Å². The molecule has 1 fully saturated rings. The molecule has 2 aromatic carbocycles. The molecule has 52 heavy (non-hydrogen) atoms. The van der Waals surface area contributed by atoms with Crippen molar-refractivity contribution in [3.05, 3.63) is 96.8 Å². The number of benzene rings is 2. The van der Waals surface area contributed by atoms with Gasteiger partial charge in [-0.15, -0.1) is 0 Å². The summed E-state index contributed by atoms with van der Waals surface area (Å²) in [5.74, 6) is -2.01. The molecule has 0 radical (unpaired) electrons. The van der Waals surface area contributed by atoms with Crippen LogP contribution in [-0.4, -0.2) is 56.1 Å². The Morgan fingerprint density at radius 2 is 1.71 bits per heavy atom. The van der Waals surface area contributed by atoms with Gasteiger partial charge in [-0.25, -0.2) is 14.6 Å². The van der Waals surface area contributed by atoms with E-state index in [0.29, 0.717) is 35.7 Å². The first-order valence-electron chi connectivity index (χ1n) is 17.5. The molecule has 3 heterocycles. The second kappa shape index (κ2) is 15.2. The molecule has 2 aliphatic rings. The summed E-state index contributed by atoms with van der Waals surface area (Å²) in [5.41, 5.74) is -0.305. The van der Waals surface area contributed by atoms with Crippen LogP contribution in [0.1, 0.15) is 70.9 Å². The Kier molecular flexibility index (Phi) is 10.5. The number of carboxylic acids is 1. The maximum absolute atomic E-state index is 14.0. The van der Waals surface area contributed by atoms with Gasteiger partial charge < -0.3 is 30.5 Å². The van der Waals surface area contributed by atoms with Gasteiger partial charge in [-0.2, -0.15) is 0 Å². The van der Waals surface area contributed by atoms with Gasteiger partial charge >= 0.3 is 12.1 Å². The second-order valence-electron chi connectivity index (χ2n) is 14.2. The fraction of sp³-hybridized carbons (Fsp3) is 0.350. The Morgan fingerprint density at radius 3 is 2.44 bits per heavy atom. The Bertz CT molecular complexity index is 1980. The third kappa shape index (κ3) is 8.56. The van der Waals surface area contributed by atoms with Gasteiger partial charge in [0.05, 0.1) is 5.69 Å². The third-order valence-corrected chi connectivity index (χ3v) is 9.14. The van der Waals surface area contributed by atoms with Crippen molar-refractivity contribution in [1.82, 2.24) is 25.9 Å². The molecule has 2 aromatic heterocycles. The van der Waals surface area contributed by atoms with Gasteiger partial charge in [0.1, 0.15) is 29.0 Å². The Hall–Kier alpha value is -5.78. The van der Waals surface area contributed by atoms with Gasteiger partial charge in [0, 0.05) is 29.3 Å². The van der Waals surface area contributed by atoms with Crippen molar-refractivity contribution in [3.8, 4) is 22.9 Å². The fourth-order valence-electron chi connectivity index (χ4n) is 6.32. The van der Waals surface area contributed by atoms with Crippen LogP contribution in [0.3, 0.4) is 0 Å². The first kappa shape index (κ1) is 36.0. The Labute approximate surface area is 302 Å². The maximum atomic E-state index is 14.0. The number of fused-ring (bicyclic) bond motifs is 2. The molecule has 12 heteroatoms. The van der Waals surface area contributed by atoms with Crippen molar-refractivity contribution in [2.45, 2.75) is 82.5 Å². The number of hydrogen-bond donors (Lipinski definition) is 4. The number of rotatable bonds is 6. The number of amides is 3. The molecule has 0 saturated heterocycles. The van der Waals surface area contributed by atoms with Gasteiger partial charge in [-0.3, -0.25) is 14.6 Å². The predicted molar refractivity (Wildman–Crippen MR) is 194 cm³/mol. The Morgan fingerprint density at radius 1 is 0.962 bits per heavy atom. The van der Waals surface area contributed by atoms with Crippen LogP contribution >= 0.6 is 0 Å². The summed E-state index contributed by atoms with van der Waals surface area (Å²) >= 11 is 0. The quantitative estimate of drug-likeness (QED) is 0.161. The van der Waals surface area contributed by atoms with Crippen LogP contribution in [-0.2, 0) is 19.1 Å². The molecule has 12 nitrogen and oxygen atoms in total. The summed E-state index contributed by atoms with van der Waals surface area (Å²) in [5, 5.41) is 20.1. The average molecular weight is 706 g/mol. The predicted octanol–water partition coefficient (Wildman–Crippen LogP) is 6.62. The average Bonchev–Trinajstić information content (AvgIpc) is 3.82. The molecule has 0 bridgehead atoms. The Balaban J connectivity index is 1.30. The number of nitrogens with zero attached hydrogens (tertiary/aromatic N) is 2. The highest BCUT2D eigenvalue weighted by molar-refractivity contribution is 5.96. The largest absolute Gasteiger partial charge is 0.479 e. The summed E-state index contributed by atoms with van der Waals surface area (Å²) in [4.78, 5) is 61.9. The summed E-state index contributed by atoms with van der Waals surface area (Å²) in [6.07, 6.45) is 9.97. The summed E-state index contributed by atoms with van der Waals surface area (Å²) in [7, 11) is 0. The van der Waals surface area contributed by atoms with Crippen molar-refractivity contribution in [2.24, 2.45) is 5.92 Å². The lowest BCUT2D eigenvalue weighted by atomic mass is 10.0. The van der Waals surface area contributed by atoms with Crippen LogP contribution in [0.25, 0.3) is 22.0 Å². The third-order valence-electron chi connectivity index (χ3n) is 9.14. The first-order chi connectivity index (χ1) is 24.9. The number of alkyl carbamates (subject to hydrolysis) is 1. The highest BCUT2D eigenvalue weighted by Crippen LogP contribution is 2.45. The van der Waals surface area contributed by atoms with E-state index in [-0.39, 0.29) is 12.3 Å². The second-order valence-corrected chi connectivity index (χ2v) is 14.2. The highest BCUT2D eigenvalue weighted by atomic mass is 16.6. The van der Waals surface area contributed by atoms with Crippen molar-refractivity contribution in [3.63, 3.8) is 0 Å². The lowest BCUT2D eigenvalue weighted by molar-refractivity contribution is -0.144. The minimum Gasteiger partial charge on any atom is -0.479 e. The minimum absolute atomic E-state index is 0.236. The molecular formula is C40H43N5O7. The van der Waals surface area contributed by atoms with Crippen molar-refractivity contribution >= 4 is 34.6 Å². The van der Waals surface area contributed by atoms with Gasteiger partial charge in [0.15, 0.2) is 0 Å². The standard InChI is InChI=1S/C40H43N5O7/c1-39(2,3)52-38(50)43-31-14-8-6-4-5-7-12-28-24-40(28,37(48)49)45-35(47)33(44-34(31)46)26-15-17-29(18-16-26)51-36-30-13-10-9-11-27(30)23-32(42-36)25-19-21-41-22-20-25/h7,9-13,15-23,28,31,33H,4-6,8,14,24H2,1-3H3,(H,43,50)(H,44,46)(H,45,47)(H,48,49)/b12-7+/t28-,31+,33+,40-/m1/s1. The van der Waals surface area contributed by atoms with Crippen molar-refractivity contribution in [1.29, 1.82) is 0 Å². The van der Waals surface area contributed by atoms with Crippen LogP contribution < -0.4 is 20.7 Å². The van der Waals surface area contributed by atoms with E-state index in [1.54, 1.807) is 57.4 Å². The van der Waals surface area contributed by atoms with E-state index >= 15 is 0 Å². The minimum atomic E-state index is -1.49. The van der Waals surface area contributed by atoms with Crippen molar-refractivity contribution < 1.29 is 33.8 Å². The summed E-state index contributed by atoms with van der Waals surface area (Å²) in [6.45, 7) is 5.18. The van der Waals surface area contributed by atoms with E-state index in [0.717, 1.165) is 35.6 Å². The number of pyridine rings is 2. The zero-order valence-electron chi connectivity index (χ0n) is 29.4. The number of allylic oxidation sites excluding steroid dienone is 1. The van der Waals surface area contributed by atoms with E-state index < -0.39 is 47.1 Å². The molecule has 1 aliphatic carbocycles. The zero-order chi connectivity index (χ0) is 36.9. The van der Waals surface area contributed by atoms with Crippen LogP contribution in [0.5, 0.6) is 11.6 Å². The molecule has 0 spiro atoms. The van der Waals surface area contributed by atoms with E-state index in [1.165, 1.54) is 0 Å². The van der Waals surface area contributed by atoms with Crippen LogP contribution in [0.2, 0.25) is 0 Å². The monoisotopic (exact) mass is 705 g/mol. The number of aromatic nitrogens is 2. The SMILES string of the molecule is CC(C)(C)OC(=O)N[C@H]1CCCCC/C=C/[C@@H]2C[C@@]2(C(=O)O)NC(=O)[C@H](c2ccc(Oc3nc(-c4ccncc4)cc4ccccc34)cc2)NC1=O. The number of carboxylic acid groups (broad SMARTS) is 1. The molecule has 6 rings (SSSR count). The van der Waals surface area contributed by atoms with Crippen LogP contribution in [0.15, 0.2) is 91.3 Å². The summed E-state index contributed by atoms with van der Waals surface area (Å²) in [6, 6.07) is 17.7. The normalized spacial score (nSPS) is 23.1. The molecule has 3 amide bonds. The molecule has 4 aromatic rings. The summed E-state index contributed by atoms with van der Waals surface area (Å²) < 4.78 is 11.7. The number of hydrogen-bond acceptors (Lipinski definition) is 8.